The molecule has 0 aliphatic rings. The number of ether oxygens (including phenoxy) is 1. The molecule has 1 rings (SSSR count). The molecule has 0 saturated heterocycles. The van der Waals surface area contributed by atoms with Crippen LogP contribution in [-0.2, 0) is 11.3 Å². The smallest absolute Gasteiger partial charge is 0.145 e. The largest absolute Gasteiger partial charge is 0.389 e. The Hall–Kier alpha value is -1.07. The number of nitrogens with zero attached hydrogens (tertiary/aromatic N) is 2. The van der Waals surface area contributed by atoms with Crippen molar-refractivity contribution in [3.8, 4) is 0 Å². The van der Waals surface area contributed by atoms with Crippen molar-refractivity contribution in [1.82, 2.24) is 9.78 Å². The van der Waals surface area contributed by atoms with Gasteiger partial charge in [-0.1, -0.05) is 103 Å². The Labute approximate surface area is 179 Å². The fraction of sp³-hybridized carbons (Fsp3) is 0.875. The summed E-state index contributed by atoms with van der Waals surface area (Å²) >= 11 is 0. The number of aliphatic hydroxyl groups is 1. The highest BCUT2D eigenvalue weighted by atomic mass is 16.5. The Balaban J connectivity index is 1.73. The summed E-state index contributed by atoms with van der Waals surface area (Å²) in [4.78, 5) is 0. The highest BCUT2D eigenvalue weighted by Crippen LogP contribution is 2.13. The molecule has 1 atom stereocenters. The lowest BCUT2D eigenvalue weighted by Crippen LogP contribution is -2.22. The Morgan fingerprint density at radius 2 is 1.34 bits per heavy atom. The maximum absolute atomic E-state index is 9.92. The summed E-state index contributed by atoms with van der Waals surface area (Å²) in [6.07, 6.45) is 23.2. The summed E-state index contributed by atoms with van der Waals surface area (Å²) in [5, 5.41) is 14.0. The van der Waals surface area contributed by atoms with E-state index in [0.717, 1.165) is 13.0 Å². The molecule has 1 heterocycles. The Kier molecular flexibility index (Phi) is 16.9. The van der Waals surface area contributed by atoms with Crippen LogP contribution in [0.1, 0.15) is 110 Å². The second-order valence-electron chi connectivity index (χ2n) is 8.49. The summed E-state index contributed by atoms with van der Waals surface area (Å²) in [6.45, 7) is 3.80. The van der Waals surface area contributed by atoms with Crippen LogP contribution in [0.4, 0.5) is 5.82 Å². The van der Waals surface area contributed by atoms with E-state index in [9.17, 15) is 5.11 Å². The van der Waals surface area contributed by atoms with Crippen LogP contribution in [0.3, 0.4) is 0 Å². The average Bonchev–Trinajstić information content (AvgIpc) is 3.11. The predicted molar refractivity (Wildman–Crippen MR) is 123 cm³/mol. The number of nitrogen functional groups attached to an aromatic ring is 1. The van der Waals surface area contributed by atoms with Gasteiger partial charge in [0, 0.05) is 12.8 Å². The molecule has 0 spiro atoms. The van der Waals surface area contributed by atoms with E-state index in [2.05, 4.69) is 12.0 Å². The van der Waals surface area contributed by atoms with E-state index in [1.165, 1.54) is 96.3 Å². The van der Waals surface area contributed by atoms with E-state index in [1.807, 2.05) is 0 Å². The third-order valence-corrected chi connectivity index (χ3v) is 5.51. The minimum atomic E-state index is -0.532. The Morgan fingerprint density at radius 3 is 1.79 bits per heavy atom. The molecule has 1 aromatic rings. The van der Waals surface area contributed by atoms with Crippen molar-refractivity contribution in [2.75, 3.05) is 18.9 Å². The van der Waals surface area contributed by atoms with Gasteiger partial charge in [-0.3, -0.25) is 4.68 Å². The van der Waals surface area contributed by atoms with Gasteiger partial charge in [0.25, 0.3) is 0 Å². The molecule has 0 saturated carbocycles. The van der Waals surface area contributed by atoms with Crippen LogP contribution >= 0.6 is 0 Å². The van der Waals surface area contributed by atoms with Gasteiger partial charge >= 0.3 is 0 Å². The van der Waals surface area contributed by atoms with Crippen molar-refractivity contribution in [2.45, 2.75) is 122 Å². The molecule has 0 aliphatic heterocycles. The zero-order valence-corrected chi connectivity index (χ0v) is 19.0. The fourth-order valence-corrected chi connectivity index (χ4v) is 3.72. The predicted octanol–water partition coefficient (Wildman–Crippen LogP) is 6.10. The zero-order valence-electron chi connectivity index (χ0n) is 19.0. The van der Waals surface area contributed by atoms with Gasteiger partial charge in [0.1, 0.15) is 5.82 Å². The fourth-order valence-electron chi connectivity index (χ4n) is 3.72. The van der Waals surface area contributed by atoms with Crippen molar-refractivity contribution >= 4 is 5.82 Å². The molecule has 0 bridgehead atoms. The van der Waals surface area contributed by atoms with E-state index in [0.29, 0.717) is 19.0 Å². The summed E-state index contributed by atoms with van der Waals surface area (Å²) in [5.74, 6) is 0.478. The number of aliphatic hydroxyl groups excluding tert-OH is 1. The standard InChI is InChI=1S/C24H47N3O2/c1-2-3-4-5-6-7-8-9-10-11-12-13-14-15-16-17-20-29-22-23(28)21-27-19-18-24(25)26-27/h18-19,23,28H,2-17,20-22H2,1H3,(H2,25,26). The first kappa shape index (κ1) is 26.0. The lowest BCUT2D eigenvalue weighted by molar-refractivity contribution is 0.0250. The molecule has 0 aliphatic carbocycles. The van der Waals surface area contributed by atoms with Crippen LogP contribution < -0.4 is 5.73 Å². The summed E-state index contributed by atoms with van der Waals surface area (Å²) in [5.41, 5.74) is 5.56. The number of rotatable bonds is 21. The first-order chi connectivity index (χ1) is 14.2. The lowest BCUT2D eigenvalue weighted by Gasteiger charge is -2.11. The number of nitrogens with two attached hydrogens (primary N) is 1. The molecule has 0 radical (unpaired) electrons. The van der Waals surface area contributed by atoms with Crippen molar-refractivity contribution < 1.29 is 9.84 Å². The maximum atomic E-state index is 9.92. The van der Waals surface area contributed by atoms with Crippen LogP contribution in [0, 0.1) is 0 Å². The zero-order chi connectivity index (χ0) is 21.0. The van der Waals surface area contributed by atoms with Crippen molar-refractivity contribution in [2.24, 2.45) is 0 Å². The third kappa shape index (κ3) is 16.4. The lowest BCUT2D eigenvalue weighted by atomic mass is 10.0. The number of hydrogen-bond acceptors (Lipinski definition) is 4. The van der Waals surface area contributed by atoms with Crippen molar-refractivity contribution in [1.29, 1.82) is 0 Å². The minimum absolute atomic E-state index is 0.360. The first-order valence-corrected chi connectivity index (χ1v) is 12.3. The van der Waals surface area contributed by atoms with Crippen LogP contribution in [0.2, 0.25) is 0 Å². The molecule has 1 unspecified atom stereocenters. The van der Waals surface area contributed by atoms with Gasteiger partial charge in [0.15, 0.2) is 0 Å². The molecular weight excluding hydrogens is 362 g/mol. The summed E-state index contributed by atoms with van der Waals surface area (Å²) < 4.78 is 7.22. The molecule has 5 nitrogen and oxygen atoms in total. The molecule has 5 heteroatoms. The molecule has 29 heavy (non-hydrogen) atoms. The van der Waals surface area contributed by atoms with Crippen LogP contribution in [0.5, 0.6) is 0 Å². The van der Waals surface area contributed by atoms with E-state index in [1.54, 1.807) is 16.9 Å². The van der Waals surface area contributed by atoms with Gasteiger partial charge in [-0.2, -0.15) is 5.10 Å². The molecule has 1 aromatic heterocycles. The van der Waals surface area contributed by atoms with E-state index >= 15 is 0 Å². The second kappa shape index (κ2) is 18.9. The minimum Gasteiger partial charge on any atom is -0.389 e. The van der Waals surface area contributed by atoms with E-state index in [-0.39, 0.29) is 0 Å². The van der Waals surface area contributed by atoms with Gasteiger partial charge in [0.2, 0.25) is 0 Å². The quantitative estimate of drug-likeness (QED) is 0.240. The normalized spacial score (nSPS) is 12.5. The van der Waals surface area contributed by atoms with E-state index in [4.69, 9.17) is 10.5 Å². The van der Waals surface area contributed by atoms with E-state index < -0.39 is 6.10 Å². The van der Waals surface area contributed by atoms with Gasteiger partial charge < -0.3 is 15.6 Å². The first-order valence-electron chi connectivity index (χ1n) is 12.3. The van der Waals surface area contributed by atoms with Gasteiger partial charge in [-0.05, 0) is 12.5 Å². The Bertz CT molecular complexity index is 465. The molecule has 3 N–H and O–H groups in total. The van der Waals surface area contributed by atoms with Crippen LogP contribution in [-0.4, -0.2) is 34.2 Å². The molecule has 0 aromatic carbocycles. The monoisotopic (exact) mass is 409 g/mol. The van der Waals surface area contributed by atoms with Crippen LogP contribution in [0.15, 0.2) is 12.3 Å². The number of unbranched alkanes of at least 4 members (excludes halogenated alkanes) is 15. The third-order valence-electron chi connectivity index (χ3n) is 5.51. The van der Waals surface area contributed by atoms with Crippen LogP contribution in [0.25, 0.3) is 0 Å². The maximum Gasteiger partial charge on any atom is 0.145 e. The number of aromatic nitrogens is 2. The topological polar surface area (TPSA) is 73.3 Å². The second-order valence-corrected chi connectivity index (χ2v) is 8.49. The molecule has 0 fully saturated rings. The molecular formula is C24H47N3O2. The Morgan fingerprint density at radius 1 is 0.862 bits per heavy atom. The SMILES string of the molecule is CCCCCCCCCCCCCCCCCCOCC(O)Cn1ccc(N)n1. The molecule has 170 valence electrons. The van der Waals surface area contributed by atoms with Gasteiger partial charge in [0.05, 0.1) is 19.3 Å². The van der Waals surface area contributed by atoms with Gasteiger partial charge in [-0.15, -0.1) is 0 Å². The highest BCUT2D eigenvalue weighted by Gasteiger charge is 2.06. The van der Waals surface area contributed by atoms with Crippen molar-refractivity contribution in [3.05, 3.63) is 12.3 Å². The summed E-state index contributed by atoms with van der Waals surface area (Å²) in [6, 6.07) is 1.73. The average molecular weight is 410 g/mol. The van der Waals surface area contributed by atoms with Gasteiger partial charge in [-0.25, -0.2) is 0 Å². The summed E-state index contributed by atoms with van der Waals surface area (Å²) in [7, 11) is 0. The molecule has 0 amide bonds. The highest BCUT2D eigenvalue weighted by molar-refractivity contribution is 5.23. The van der Waals surface area contributed by atoms with Crippen molar-refractivity contribution in [3.63, 3.8) is 0 Å². The number of hydrogen-bond donors (Lipinski definition) is 2. The number of anilines is 1.